The Hall–Kier alpha value is -3.39. The summed E-state index contributed by atoms with van der Waals surface area (Å²) < 4.78 is 10.7. The second-order valence-corrected chi connectivity index (χ2v) is 8.13. The molecule has 1 aliphatic carbocycles. The van der Waals surface area contributed by atoms with Crippen molar-refractivity contribution in [1.29, 1.82) is 0 Å². The molecule has 0 aromatic heterocycles. The lowest BCUT2D eigenvalue weighted by atomic mass is 10.0. The summed E-state index contributed by atoms with van der Waals surface area (Å²) in [4.78, 5) is 21.2. The van der Waals surface area contributed by atoms with Crippen LogP contribution in [-0.4, -0.2) is 49.1 Å². The first-order valence-corrected chi connectivity index (χ1v) is 11.1. The quantitative estimate of drug-likeness (QED) is 0.337. The molecule has 3 rings (SSSR count). The number of anilines is 1. The number of amides is 1. The molecule has 0 spiro atoms. The Morgan fingerprint density at radius 1 is 1.30 bits per heavy atom. The number of nitrogens with two attached hydrogens (primary N) is 1. The van der Waals surface area contributed by atoms with Gasteiger partial charge in [-0.15, -0.1) is 0 Å². The van der Waals surface area contributed by atoms with Gasteiger partial charge in [-0.3, -0.25) is 4.99 Å². The number of rotatable bonds is 7. The van der Waals surface area contributed by atoms with Crippen molar-refractivity contribution in [1.82, 2.24) is 5.32 Å². The van der Waals surface area contributed by atoms with Crippen LogP contribution in [0.3, 0.4) is 0 Å². The highest BCUT2D eigenvalue weighted by molar-refractivity contribution is 6.12. The van der Waals surface area contributed by atoms with Crippen LogP contribution in [0.1, 0.15) is 55.5 Å². The summed E-state index contributed by atoms with van der Waals surface area (Å²) in [5, 5.41) is 11.7. The number of amidine groups is 1. The number of carbonyl (C=O) groups is 1. The first-order chi connectivity index (χ1) is 15.8. The summed E-state index contributed by atoms with van der Waals surface area (Å²) in [7, 11) is 1.72. The molecule has 176 valence electrons. The standard InChI is InChI=1S/C25H32N4O4/c1-15(2)33-23-11-8-17(14-21(23)26)16(3)28-24(27-4)20-7-5-6-19-18(20)9-10-22(19)29-25(31)32-13-12-30/h5-8,11,14-15,22,30H,9-10,12-13,26H2,1-4H3,(H,29,31)/t22-/m0/s1. The Labute approximate surface area is 194 Å². The molecule has 0 heterocycles. The molecule has 2 aromatic rings. The molecule has 0 radical (unpaired) electrons. The van der Waals surface area contributed by atoms with E-state index < -0.39 is 6.09 Å². The number of aliphatic hydroxyl groups is 1. The number of hydrogen-bond donors (Lipinski definition) is 3. The number of hydrogen-bond acceptors (Lipinski definition) is 6. The molecular formula is C25H32N4O4. The summed E-state index contributed by atoms with van der Waals surface area (Å²) in [6.07, 6.45) is 1.06. The van der Waals surface area contributed by atoms with Gasteiger partial charge in [-0.2, -0.15) is 0 Å². The van der Waals surface area contributed by atoms with E-state index in [1.165, 1.54) is 0 Å². The van der Waals surface area contributed by atoms with Crippen molar-refractivity contribution in [3.05, 3.63) is 58.7 Å². The predicted octanol–water partition coefficient (Wildman–Crippen LogP) is 3.65. The van der Waals surface area contributed by atoms with Gasteiger partial charge in [0.1, 0.15) is 12.4 Å². The van der Waals surface area contributed by atoms with Crippen LogP contribution in [0.25, 0.3) is 0 Å². The van der Waals surface area contributed by atoms with Crippen LogP contribution in [0.2, 0.25) is 0 Å². The Kier molecular flexibility index (Phi) is 8.06. The molecule has 0 fully saturated rings. The third-order valence-corrected chi connectivity index (χ3v) is 5.40. The average Bonchev–Trinajstić information content (AvgIpc) is 3.19. The number of carbonyl (C=O) groups excluding carboxylic acids is 1. The van der Waals surface area contributed by atoms with Crippen LogP contribution in [0.15, 0.2) is 46.4 Å². The number of aliphatic imine (C=N–C) groups is 2. The summed E-state index contributed by atoms with van der Waals surface area (Å²) in [5.41, 5.74) is 11.5. The molecule has 8 nitrogen and oxygen atoms in total. The van der Waals surface area contributed by atoms with Crippen LogP contribution in [0.4, 0.5) is 10.5 Å². The third-order valence-electron chi connectivity index (χ3n) is 5.40. The summed E-state index contributed by atoms with van der Waals surface area (Å²) >= 11 is 0. The van der Waals surface area contributed by atoms with Crippen molar-refractivity contribution in [2.24, 2.45) is 9.98 Å². The normalized spacial score (nSPS) is 16.0. The highest BCUT2D eigenvalue weighted by atomic mass is 16.6. The zero-order valence-corrected chi connectivity index (χ0v) is 19.6. The van der Waals surface area contributed by atoms with Crippen LogP contribution in [0, 0.1) is 0 Å². The SMILES string of the molecule is CN=C(N=C(C)c1ccc(OC(C)C)c(N)c1)c1cccc2c1CC[C@@H]2NC(=O)OCCO. The lowest BCUT2D eigenvalue weighted by molar-refractivity contribution is 0.116. The fraction of sp³-hybridized carbons (Fsp3) is 0.400. The van der Waals surface area contributed by atoms with Crippen LogP contribution < -0.4 is 15.8 Å². The molecule has 0 saturated heterocycles. The van der Waals surface area contributed by atoms with Crippen LogP contribution >= 0.6 is 0 Å². The molecule has 33 heavy (non-hydrogen) atoms. The van der Waals surface area contributed by atoms with E-state index in [0.717, 1.165) is 40.8 Å². The Morgan fingerprint density at radius 3 is 2.76 bits per heavy atom. The van der Waals surface area contributed by atoms with E-state index in [1.54, 1.807) is 7.05 Å². The van der Waals surface area contributed by atoms with Gasteiger partial charge < -0.3 is 25.6 Å². The molecule has 0 aliphatic heterocycles. The first kappa shape index (κ1) is 24.3. The van der Waals surface area contributed by atoms with E-state index >= 15 is 0 Å². The molecule has 0 unspecified atom stereocenters. The zero-order valence-electron chi connectivity index (χ0n) is 19.6. The number of nitrogen functional groups attached to an aromatic ring is 1. The van der Waals surface area contributed by atoms with Crippen molar-refractivity contribution < 1.29 is 19.4 Å². The minimum Gasteiger partial charge on any atom is -0.489 e. The topological polar surface area (TPSA) is 119 Å². The van der Waals surface area contributed by atoms with Crippen molar-refractivity contribution >= 4 is 23.3 Å². The Bertz CT molecular complexity index is 1060. The van der Waals surface area contributed by atoms with Gasteiger partial charge in [-0.25, -0.2) is 9.79 Å². The van der Waals surface area contributed by atoms with Gasteiger partial charge in [0.15, 0.2) is 5.84 Å². The second kappa shape index (κ2) is 11.0. The lowest BCUT2D eigenvalue weighted by Crippen LogP contribution is -2.28. The fourth-order valence-electron chi connectivity index (χ4n) is 3.92. The van der Waals surface area contributed by atoms with Crippen LogP contribution in [-0.2, 0) is 11.2 Å². The molecule has 0 bridgehead atoms. The minimum atomic E-state index is -0.534. The Balaban J connectivity index is 1.84. The predicted molar refractivity (Wildman–Crippen MR) is 130 cm³/mol. The number of benzene rings is 2. The first-order valence-electron chi connectivity index (χ1n) is 11.1. The van der Waals surface area contributed by atoms with E-state index in [0.29, 0.717) is 17.3 Å². The van der Waals surface area contributed by atoms with Gasteiger partial charge in [0, 0.05) is 18.3 Å². The monoisotopic (exact) mass is 452 g/mol. The van der Waals surface area contributed by atoms with Gasteiger partial charge in [0.25, 0.3) is 0 Å². The maximum absolute atomic E-state index is 11.9. The maximum Gasteiger partial charge on any atom is 0.407 e. The molecule has 4 N–H and O–H groups in total. The van der Waals surface area contributed by atoms with E-state index in [1.807, 2.05) is 57.2 Å². The number of aliphatic hydroxyl groups excluding tert-OH is 1. The highest BCUT2D eigenvalue weighted by Crippen LogP contribution is 2.34. The highest BCUT2D eigenvalue weighted by Gasteiger charge is 2.27. The zero-order chi connectivity index (χ0) is 24.0. The molecule has 2 aromatic carbocycles. The minimum absolute atomic E-state index is 0.0266. The molecule has 0 saturated carbocycles. The molecule has 1 aliphatic rings. The van der Waals surface area contributed by atoms with Crippen molar-refractivity contribution in [3.63, 3.8) is 0 Å². The van der Waals surface area contributed by atoms with Crippen molar-refractivity contribution in [2.75, 3.05) is 26.0 Å². The van der Waals surface area contributed by atoms with Crippen molar-refractivity contribution in [2.45, 2.75) is 45.8 Å². The summed E-state index contributed by atoms with van der Waals surface area (Å²) in [5.74, 6) is 1.27. The van der Waals surface area contributed by atoms with E-state index in [9.17, 15) is 4.79 Å². The molecule has 1 amide bonds. The maximum atomic E-state index is 11.9. The largest absolute Gasteiger partial charge is 0.489 e. The van der Waals surface area contributed by atoms with E-state index in [-0.39, 0.29) is 25.4 Å². The van der Waals surface area contributed by atoms with Gasteiger partial charge in [0.05, 0.1) is 24.4 Å². The van der Waals surface area contributed by atoms with Crippen LogP contribution in [0.5, 0.6) is 5.75 Å². The van der Waals surface area contributed by atoms with Gasteiger partial charge in [-0.1, -0.05) is 18.2 Å². The van der Waals surface area contributed by atoms with E-state index in [2.05, 4.69) is 10.3 Å². The Morgan fingerprint density at radius 2 is 2.09 bits per heavy atom. The van der Waals surface area contributed by atoms with Crippen molar-refractivity contribution in [3.8, 4) is 5.75 Å². The van der Waals surface area contributed by atoms with Gasteiger partial charge in [-0.05, 0) is 68.5 Å². The number of ether oxygens (including phenoxy) is 2. The fourth-order valence-corrected chi connectivity index (χ4v) is 3.92. The number of alkyl carbamates (subject to hydrolysis) is 1. The van der Waals surface area contributed by atoms with Gasteiger partial charge >= 0.3 is 6.09 Å². The molecule has 8 heteroatoms. The molecule has 1 atom stereocenters. The molecular weight excluding hydrogens is 420 g/mol. The number of nitrogens with zero attached hydrogens (tertiary/aromatic N) is 2. The average molecular weight is 453 g/mol. The number of nitrogens with one attached hydrogen (secondary N) is 1. The van der Waals surface area contributed by atoms with E-state index in [4.69, 9.17) is 25.3 Å². The number of fused-ring (bicyclic) bond motifs is 1. The van der Waals surface area contributed by atoms with Gasteiger partial charge in [0.2, 0.25) is 0 Å². The lowest BCUT2D eigenvalue weighted by Gasteiger charge is -2.15. The smallest absolute Gasteiger partial charge is 0.407 e. The third kappa shape index (κ3) is 5.90. The summed E-state index contributed by atoms with van der Waals surface area (Å²) in [6, 6.07) is 11.4. The second-order valence-electron chi connectivity index (χ2n) is 8.13. The summed E-state index contributed by atoms with van der Waals surface area (Å²) in [6.45, 7) is 5.61.